The summed E-state index contributed by atoms with van der Waals surface area (Å²) < 4.78 is 5.15. The number of carbonyl (C=O) groups is 2. The van der Waals surface area contributed by atoms with Crippen molar-refractivity contribution in [2.75, 3.05) is 19.0 Å². The van der Waals surface area contributed by atoms with E-state index >= 15 is 0 Å². The average molecular weight is 489 g/mol. The lowest BCUT2D eigenvalue weighted by molar-refractivity contribution is -0.150. The number of carbonyl (C=O) groups excluding carboxylic acids is 1. The standard InChI is InChI=1S/C25H32N2O6S/c1-24-9-8-19(29)25(2,13-28)18(24)12-17-22(16(24)11-21(31)32)27-23(34-17)26-20(30)10-14-4-6-15(33-3)7-5-14/h4-7,16,18-19,28-29H,8-13H2,1-3H3,(H,31,32)(H,26,27,30). The molecule has 2 aliphatic carbocycles. The molecule has 0 spiro atoms. The van der Waals surface area contributed by atoms with Gasteiger partial charge in [-0.25, -0.2) is 4.98 Å². The molecular weight excluding hydrogens is 456 g/mol. The van der Waals surface area contributed by atoms with Crippen LogP contribution in [0.15, 0.2) is 24.3 Å². The van der Waals surface area contributed by atoms with E-state index < -0.39 is 22.9 Å². The molecular formula is C25H32N2O6S. The number of benzene rings is 1. The molecule has 0 radical (unpaired) electrons. The average Bonchev–Trinajstić information content (AvgIpc) is 3.20. The summed E-state index contributed by atoms with van der Waals surface area (Å²) in [6.45, 7) is 3.78. The molecule has 34 heavy (non-hydrogen) atoms. The Hall–Kier alpha value is -2.49. The van der Waals surface area contributed by atoms with Crippen LogP contribution in [0.5, 0.6) is 5.75 Å². The molecule has 4 N–H and O–H groups in total. The molecule has 184 valence electrons. The maximum Gasteiger partial charge on any atom is 0.304 e. The Kier molecular flexibility index (Phi) is 6.72. The largest absolute Gasteiger partial charge is 0.497 e. The van der Waals surface area contributed by atoms with Gasteiger partial charge in [-0.15, -0.1) is 11.3 Å². The molecule has 0 aliphatic heterocycles. The van der Waals surface area contributed by atoms with Crippen molar-refractivity contribution >= 4 is 28.3 Å². The van der Waals surface area contributed by atoms with Gasteiger partial charge in [0.25, 0.3) is 0 Å². The van der Waals surface area contributed by atoms with E-state index in [4.69, 9.17) is 9.72 Å². The van der Waals surface area contributed by atoms with Crippen LogP contribution in [0.2, 0.25) is 0 Å². The Morgan fingerprint density at radius 1 is 1.26 bits per heavy atom. The number of aliphatic hydroxyl groups is 2. The lowest BCUT2D eigenvalue weighted by Crippen LogP contribution is -2.57. The summed E-state index contributed by atoms with van der Waals surface area (Å²) in [6.07, 6.45) is 1.19. The van der Waals surface area contributed by atoms with Crippen LogP contribution >= 0.6 is 11.3 Å². The summed E-state index contributed by atoms with van der Waals surface area (Å²) in [6, 6.07) is 7.27. The minimum atomic E-state index is -0.910. The number of aliphatic carboxylic acids is 1. The van der Waals surface area contributed by atoms with Crippen LogP contribution in [-0.2, 0) is 22.4 Å². The van der Waals surface area contributed by atoms with E-state index in [1.54, 1.807) is 19.2 Å². The summed E-state index contributed by atoms with van der Waals surface area (Å²) in [5, 5.41) is 34.0. The molecule has 1 saturated carbocycles. The highest BCUT2D eigenvalue weighted by Gasteiger charge is 2.59. The van der Waals surface area contributed by atoms with E-state index in [0.717, 1.165) is 21.9 Å². The van der Waals surface area contributed by atoms with Crippen molar-refractivity contribution in [3.8, 4) is 5.75 Å². The first-order chi connectivity index (χ1) is 16.1. The quantitative estimate of drug-likeness (QED) is 0.471. The molecule has 0 bridgehead atoms. The van der Waals surface area contributed by atoms with Crippen LogP contribution in [0.1, 0.15) is 55.2 Å². The number of ether oxygens (including phenoxy) is 1. The number of hydrogen-bond acceptors (Lipinski definition) is 7. The van der Waals surface area contributed by atoms with Crippen molar-refractivity contribution in [3.05, 3.63) is 40.4 Å². The van der Waals surface area contributed by atoms with E-state index in [2.05, 4.69) is 12.2 Å². The maximum absolute atomic E-state index is 12.7. The van der Waals surface area contributed by atoms with E-state index in [1.165, 1.54) is 11.3 Å². The van der Waals surface area contributed by atoms with Crippen LogP contribution < -0.4 is 10.1 Å². The molecule has 2 aliphatic rings. The lowest BCUT2D eigenvalue weighted by atomic mass is 9.47. The fourth-order valence-corrected chi connectivity index (χ4v) is 7.05. The second kappa shape index (κ2) is 9.28. The third-order valence-electron chi connectivity index (χ3n) is 8.04. The van der Waals surface area contributed by atoms with Gasteiger partial charge in [-0.3, -0.25) is 9.59 Å². The van der Waals surface area contributed by atoms with Crippen LogP contribution in [0.3, 0.4) is 0 Å². The zero-order valence-corrected chi connectivity index (χ0v) is 20.5. The predicted octanol–water partition coefficient (Wildman–Crippen LogP) is 3.22. The molecule has 8 nitrogen and oxygen atoms in total. The highest BCUT2D eigenvalue weighted by molar-refractivity contribution is 7.15. The van der Waals surface area contributed by atoms with Crippen LogP contribution in [-0.4, -0.2) is 52.0 Å². The van der Waals surface area contributed by atoms with Gasteiger partial charge in [0.05, 0.1) is 38.4 Å². The zero-order chi connectivity index (χ0) is 24.7. The van der Waals surface area contributed by atoms with E-state index in [-0.39, 0.29) is 37.2 Å². The van der Waals surface area contributed by atoms with Gasteiger partial charge in [0.2, 0.25) is 5.91 Å². The van der Waals surface area contributed by atoms with Crippen molar-refractivity contribution < 1.29 is 29.6 Å². The third kappa shape index (κ3) is 4.32. The van der Waals surface area contributed by atoms with Crippen LogP contribution in [0.4, 0.5) is 5.13 Å². The van der Waals surface area contributed by atoms with Crippen molar-refractivity contribution in [2.45, 2.75) is 58.0 Å². The van der Waals surface area contributed by atoms with Crippen molar-refractivity contribution in [2.24, 2.45) is 16.7 Å². The smallest absolute Gasteiger partial charge is 0.304 e. The molecule has 0 saturated heterocycles. The fraction of sp³-hybridized carbons (Fsp3) is 0.560. The summed E-state index contributed by atoms with van der Waals surface area (Å²) in [4.78, 5) is 30.1. The Balaban J connectivity index is 1.61. The van der Waals surface area contributed by atoms with Gasteiger partial charge in [-0.2, -0.15) is 0 Å². The summed E-state index contributed by atoms with van der Waals surface area (Å²) in [7, 11) is 1.59. The first kappa shape index (κ1) is 24.6. The van der Waals surface area contributed by atoms with E-state index in [1.807, 2.05) is 19.1 Å². The molecule has 2 aromatic rings. The molecule has 5 atom stereocenters. The number of rotatable bonds is 7. The number of fused-ring (bicyclic) bond motifs is 2. The number of aliphatic hydroxyl groups excluding tert-OH is 2. The molecule has 9 heteroatoms. The highest BCUT2D eigenvalue weighted by atomic mass is 32.1. The summed E-state index contributed by atoms with van der Waals surface area (Å²) >= 11 is 1.36. The van der Waals surface area contributed by atoms with Gasteiger partial charge < -0.3 is 25.4 Å². The molecule has 1 fully saturated rings. The number of nitrogens with one attached hydrogen (secondary N) is 1. The minimum absolute atomic E-state index is 0.0828. The molecule has 4 rings (SSSR count). The number of carboxylic acids is 1. The first-order valence-electron chi connectivity index (χ1n) is 11.5. The number of nitrogens with zero attached hydrogens (tertiary/aromatic N) is 1. The number of thiazole rings is 1. The van der Waals surface area contributed by atoms with Crippen molar-refractivity contribution in [1.29, 1.82) is 0 Å². The minimum Gasteiger partial charge on any atom is -0.497 e. The number of anilines is 1. The van der Waals surface area contributed by atoms with Crippen molar-refractivity contribution in [1.82, 2.24) is 4.98 Å². The second-order valence-electron chi connectivity index (χ2n) is 10.0. The topological polar surface area (TPSA) is 129 Å². The Morgan fingerprint density at radius 3 is 2.59 bits per heavy atom. The van der Waals surface area contributed by atoms with Gasteiger partial charge in [0, 0.05) is 16.2 Å². The molecule has 1 aromatic heterocycles. The first-order valence-corrected chi connectivity index (χ1v) is 12.4. The third-order valence-corrected chi connectivity index (χ3v) is 9.05. The van der Waals surface area contributed by atoms with Crippen molar-refractivity contribution in [3.63, 3.8) is 0 Å². The number of hydrogen-bond donors (Lipinski definition) is 4. The lowest BCUT2D eigenvalue weighted by Gasteiger charge is -2.58. The SMILES string of the molecule is COc1ccc(CC(=O)Nc2nc3c(s2)CC2C(C)(CO)C(O)CCC2(C)C3CC(=O)O)cc1. The second-order valence-corrected chi connectivity index (χ2v) is 11.1. The van der Waals surface area contributed by atoms with Gasteiger partial charge in [0.1, 0.15) is 5.75 Å². The highest BCUT2D eigenvalue weighted by Crippen LogP contribution is 2.62. The monoisotopic (exact) mass is 488 g/mol. The predicted molar refractivity (Wildman–Crippen MR) is 128 cm³/mol. The van der Waals surface area contributed by atoms with Gasteiger partial charge in [-0.05, 0) is 48.3 Å². The van der Waals surface area contributed by atoms with Gasteiger partial charge in [0.15, 0.2) is 5.13 Å². The zero-order valence-electron chi connectivity index (χ0n) is 19.7. The fourth-order valence-electron chi connectivity index (χ4n) is 5.97. The molecule has 1 amide bonds. The van der Waals surface area contributed by atoms with Crippen LogP contribution in [0, 0.1) is 16.7 Å². The number of methoxy groups -OCH3 is 1. The normalized spacial score (nSPS) is 30.2. The Bertz CT molecular complexity index is 1070. The molecule has 1 heterocycles. The summed E-state index contributed by atoms with van der Waals surface area (Å²) in [5.41, 5.74) is 0.404. The van der Waals surface area contributed by atoms with Gasteiger partial charge >= 0.3 is 5.97 Å². The maximum atomic E-state index is 12.7. The number of aromatic nitrogens is 1. The number of carboxylic acid groups (broad SMARTS) is 1. The number of amides is 1. The van der Waals surface area contributed by atoms with Crippen LogP contribution in [0.25, 0.3) is 0 Å². The molecule has 1 aromatic carbocycles. The van der Waals surface area contributed by atoms with E-state index in [0.29, 0.717) is 24.4 Å². The molecule has 5 unspecified atom stereocenters. The van der Waals surface area contributed by atoms with E-state index in [9.17, 15) is 24.9 Å². The van der Waals surface area contributed by atoms with Gasteiger partial charge in [-0.1, -0.05) is 26.0 Å². The Labute approximate surface area is 203 Å². The Morgan fingerprint density at radius 2 is 1.97 bits per heavy atom. The summed E-state index contributed by atoms with van der Waals surface area (Å²) in [5.74, 6) is -0.858.